The van der Waals surface area contributed by atoms with E-state index >= 15 is 0 Å². The van der Waals surface area contributed by atoms with E-state index in [1.165, 1.54) is 17.7 Å². The van der Waals surface area contributed by atoms with Crippen molar-refractivity contribution in [2.45, 2.75) is 19.3 Å². The molecule has 1 atom stereocenters. The van der Waals surface area contributed by atoms with E-state index in [0.717, 1.165) is 24.7 Å². The summed E-state index contributed by atoms with van der Waals surface area (Å²) in [5.74, 6) is 0.109. The molecule has 0 heterocycles. The highest BCUT2D eigenvalue weighted by Crippen LogP contribution is 2.35. The molecule has 0 unspecified atom stereocenters. The van der Waals surface area contributed by atoms with Gasteiger partial charge < -0.3 is 4.79 Å². The van der Waals surface area contributed by atoms with Gasteiger partial charge in [-0.1, -0.05) is 18.2 Å². The summed E-state index contributed by atoms with van der Waals surface area (Å²) in [5.41, 5.74) is 2.24. The maximum Gasteiger partial charge on any atom is 0.123 e. The molecule has 0 N–H and O–H groups in total. The van der Waals surface area contributed by atoms with Crippen LogP contribution in [0.15, 0.2) is 30.3 Å². The molecule has 1 aliphatic carbocycles. The van der Waals surface area contributed by atoms with Crippen LogP contribution < -0.4 is 0 Å². The molecule has 1 nitrogen and oxygen atoms in total. The lowest BCUT2D eigenvalue weighted by Gasteiger charge is -2.11. The van der Waals surface area contributed by atoms with Crippen molar-refractivity contribution >= 4 is 11.9 Å². The number of aldehydes is 1. The van der Waals surface area contributed by atoms with E-state index in [-0.39, 0.29) is 5.82 Å². The minimum absolute atomic E-state index is 0.218. The van der Waals surface area contributed by atoms with Crippen LogP contribution in [0.4, 0.5) is 4.39 Å². The van der Waals surface area contributed by atoms with Gasteiger partial charge in [0, 0.05) is 6.42 Å². The lowest BCUT2D eigenvalue weighted by Crippen LogP contribution is -1.99. The van der Waals surface area contributed by atoms with Crippen LogP contribution in [0.1, 0.15) is 24.8 Å². The lowest BCUT2D eigenvalue weighted by molar-refractivity contribution is -0.108. The van der Waals surface area contributed by atoms with Crippen LogP contribution in [0.2, 0.25) is 0 Å². The van der Waals surface area contributed by atoms with E-state index in [4.69, 9.17) is 0 Å². The zero-order valence-corrected chi connectivity index (χ0v) is 8.45. The summed E-state index contributed by atoms with van der Waals surface area (Å²) in [6.45, 7) is 0. The molecular formula is C13H13FO. The third-order valence-corrected chi connectivity index (χ3v) is 2.88. The molecule has 2 heteroatoms. The molecular weight excluding hydrogens is 191 g/mol. The van der Waals surface area contributed by atoms with E-state index < -0.39 is 0 Å². The zero-order valence-electron chi connectivity index (χ0n) is 8.45. The quantitative estimate of drug-likeness (QED) is 0.691. The van der Waals surface area contributed by atoms with Crippen LogP contribution in [0, 0.1) is 11.7 Å². The van der Waals surface area contributed by atoms with Crippen molar-refractivity contribution in [3.05, 3.63) is 41.7 Å². The topological polar surface area (TPSA) is 17.1 Å². The molecule has 0 aliphatic heterocycles. The first-order valence-electron chi connectivity index (χ1n) is 5.21. The van der Waals surface area contributed by atoms with Gasteiger partial charge in [0.1, 0.15) is 12.1 Å². The average molecular weight is 204 g/mol. The van der Waals surface area contributed by atoms with Gasteiger partial charge in [-0.25, -0.2) is 4.39 Å². The van der Waals surface area contributed by atoms with Crippen LogP contribution in [0.3, 0.4) is 0 Å². The smallest absolute Gasteiger partial charge is 0.123 e. The summed E-state index contributed by atoms with van der Waals surface area (Å²) in [6, 6.07) is 6.49. The number of rotatable bonds is 3. The van der Waals surface area contributed by atoms with E-state index in [9.17, 15) is 9.18 Å². The van der Waals surface area contributed by atoms with Crippen LogP contribution in [-0.4, -0.2) is 6.29 Å². The van der Waals surface area contributed by atoms with Gasteiger partial charge in [-0.3, -0.25) is 0 Å². The molecule has 15 heavy (non-hydrogen) atoms. The number of hydrogen-bond acceptors (Lipinski definition) is 1. The van der Waals surface area contributed by atoms with Gasteiger partial charge in [-0.15, -0.1) is 0 Å². The monoisotopic (exact) mass is 204 g/mol. The fourth-order valence-corrected chi connectivity index (χ4v) is 2.12. The van der Waals surface area contributed by atoms with Gasteiger partial charge >= 0.3 is 0 Å². The average Bonchev–Trinajstić information content (AvgIpc) is 2.68. The minimum Gasteiger partial charge on any atom is -0.303 e. The highest BCUT2D eigenvalue weighted by molar-refractivity contribution is 5.71. The van der Waals surface area contributed by atoms with Gasteiger partial charge in [0.15, 0.2) is 0 Å². The van der Waals surface area contributed by atoms with E-state index in [2.05, 4.69) is 6.08 Å². The normalized spacial score (nSPS) is 20.1. The standard InChI is InChI=1S/C13H13FO/c14-12-6-4-11(5-7-12)13-3-1-2-10(13)8-9-15/h3-7,9-10H,1-2,8H2/t10-/m0/s1. The minimum atomic E-state index is -0.218. The molecule has 78 valence electrons. The molecule has 2 rings (SSSR count). The summed E-state index contributed by atoms with van der Waals surface area (Å²) in [4.78, 5) is 10.5. The van der Waals surface area contributed by atoms with Gasteiger partial charge in [0.25, 0.3) is 0 Å². The van der Waals surface area contributed by atoms with Crippen molar-refractivity contribution < 1.29 is 9.18 Å². The van der Waals surface area contributed by atoms with Crippen LogP contribution in [-0.2, 0) is 4.79 Å². The second-order valence-corrected chi connectivity index (χ2v) is 3.84. The first-order valence-corrected chi connectivity index (χ1v) is 5.21. The first kappa shape index (κ1) is 10.1. The molecule has 1 aliphatic rings. The molecule has 0 fully saturated rings. The lowest BCUT2D eigenvalue weighted by atomic mass is 9.93. The fourth-order valence-electron chi connectivity index (χ4n) is 2.12. The van der Waals surface area contributed by atoms with E-state index in [0.29, 0.717) is 12.3 Å². The Hall–Kier alpha value is -1.44. The Bertz CT molecular complexity index is 378. The molecule has 0 amide bonds. The maximum absolute atomic E-state index is 12.7. The summed E-state index contributed by atoms with van der Waals surface area (Å²) < 4.78 is 12.7. The maximum atomic E-state index is 12.7. The predicted molar refractivity (Wildman–Crippen MR) is 57.8 cm³/mol. The largest absolute Gasteiger partial charge is 0.303 e. The molecule has 0 spiro atoms. The highest BCUT2D eigenvalue weighted by Gasteiger charge is 2.19. The predicted octanol–water partition coefficient (Wildman–Crippen LogP) is 3.21. The summed E-state index contributed by atoms with van der Waals surface area (Å²) in [7, 11) is 0. The number of carbonyl (C=O) groups excluding carboxylic acids is 1. The Morgan fingerprint density at radius 2 is 2.07 bits per heavy atom. The van der Waals surface area contributed by atoms with Crippen molar-refractivity contribution in [3.8, 4) is 0 Å². The van der Waals surface area contributed by atoms with Crippen molar-refractivity contribution in [2.24, 2.45) is 5.92 Å². The van der Waals surface area contributed by atoms with Gasteiger partial charge in [0.2, 0.25) is 0 Å². The number of benzene rings is 1. The molecule has 0 aromatic heterocycles. The molecule has 0 saturated heterocycles. The van der Waals surface area contributed by atoms with Crippen LogP contribution in [0.25, 0.3) is 5.57 Å². The molecule has 1 aromatic rings. The van der Waals surface area contributed by atoms with Crippen molar-refractivity contribution in [1.29, 1.82) is 0 Å². The molecule has 1 aromatic carbocycles. The Balaban J connectivity index is 2.22. The van der Waals surface area contributed by atoms with E-state index in [1.807, 2.05) is 0 Å². The highest BCUT2D eigenvalue weighted by atomic mass is 19.1. The van der Waals surface area contributed by atoms with Gasteiger partial charge in [-0.2, -0.15) is 0 Å². The zero-order chi connectivity index (χ0) is 10.7. The summed E-state index contributed by atoms with van der Waals surface area (Å²) in [6.07, 6.45) is 5.74. The number of hydrogen-bond donors (Lipinski definition) is 0. The second kappa shape index (κ2) is 4.39. The number of allylic oxidation sites excluding steroid dienone is 2. The van der Waals surface area contributed by atoms with Gasteiger partial charge in [0.05, 0.1) is 0 Å². The molecule has 0 bridgehead atoms. The van der Waals surface area contributed by atoms with Crippen LogP contribution in [0.5, 0.6) is 0 Å². The van der Waals surface area contributed by atoms with Crippen LogP contribution >= 0.6 is 0 Å². The Kier molecular flexibility index (Phi) is 2.95. The fraction of sp³-hybridized carbons (Fsp3) is 0.308. The van der Waals surface area contributed by atoms with Gasteiger partial charge in [-0.05, 0) is 42.0 Å². The van der Waals surface area contributed by atoms with Crippen molar-refractivity contribution in [1.82, 2.24) is 0 Å². The van der Waals surface area contributed by atoms with Crippen molar-refractivity contribution in [3.63, 3.8) is 0 Å². The summed E-state index contributed by atoms with van der Waals surface area (Å²) >= 11 is 0. The third-order valence-electron chi connectivity index (χ3n) is 2.88. The Morgan fingerprint density at radius 3 is 2.73 bits per heavy atom. The van der Waals surface area contributed by atoms with E-state index in [1.54, 1.807) is 12.1 Å². The summed E-state index contributed by atoms with van der Waals surface area (Å²) in [5, 5.41) is 0. The molecule has 0 radical (unpaired) electrons. The third kappa shape index (κ3) is 2.14. The second-order valence-electron chi connectivity index (χ2n) is 3.84. The number of carbonyl (C=O) groups is 1. The Labute approximate surface area is 88.6 Å². The Morgan fingerprint density at radius 1 is 1.33 bits per heavy atom. The first-order chi connectivity index (χ1) is 7.31. The molecule has 0 saturated carbocycles. The van der Waals surface area contributed by atoms with Crippen molar-refractivity contribution in [2.75, 3.05) is 0 Å². The number of halogens is 1. The SMILES string of the molecule is O=CC[C@@H]1CCC=C1c1ccc(F)cc1.